The molecule has 0 spiro atoms. The first-order chi connectivity index (χ1) is 14.5. The second-order valence-electron chi connectivity index (χ2n) is 8.43. The number of ether oxygens (including phenoxy) is 1. The highest BCUT2D eigenvalue weighted by molar-refractivity contribution is 6.44. The van der Waals surface area contributed by atoms with Crippen LogP contribution in [0.4, 0.5) is 10.1 Å². The molecule has 8 heteroatoms. The summed E-state index contributed by atoms with van der Waals surface area (Å²) in [7, 11) is 1.66. The van der Waals surface area contributed by atoms with Gasteiger partial charge >= 0.3 is 0 Å². The van der Waals surface area contributed by atoms with Crippen molar-refractivity contribution in [1.29, 1.82) is 0 Å². The Morgan fingerprint density at radius 1 is 1.23 bits per heavy atom. The van der Waals surface area contributed by atoms with Crippen molar-refractivity contribution in [1.82, 2.24) is 4.57 Å². The highest BCUT2D eigenvalue weighted by Crippen LogP contribution is 2.34. The Morgan fingerprint density at radius 3 is 2.48 bits per heavy atom. The van der Waals surface area contributed by atoms with E-state index in [1.807, 2.05) is 6.92 Å². The molecule has 1 fully saturated rings. The predicted octanol–water partition coefficient (Wildman–Crippen LogP) is 4.65. The van der Waals surface area contributed by atoms with E-state index in [9.17, 15) is 18.8 Å². The lowest BCUT2D eigenvalue weighted by molar-refractivity contribution is -0.118. The van der Waals surface area contributed by atoms with Gasteiger partial charge in [-0.3, -0.25) is 14.4 Å². The summed E-state index contributed by atoms with van der Waals surface area (Å²) in [6, 6.07) is 3.87. The number of nitrogens with zero attached hydrogens (tertiary/aromatic N) is 1. The zero-order chi connectivity index (χ0) is 22.9. The topological polar surface area (TPSA) is 77.4 Å². The first kappa shape index (κ1) is 23.2. The number of anilines is 1. The van der Waals surface area contributed by atoms with Gasteiger partial charge in [-0.05, 0) is 55.9 Å². The van der Waals surface area contributed by atoms with Gasteiger partial charge in [0.15, 0.2) is 0 Å². The van der Waals surface area contributed by atoms with Crippen LogP contribution in [0.5, 0.6) is 0 Å². The SMILES string of the molecule is Cc1c(C(=O)Nc2ccc(F)c(Cl)c2)c(C)n(C)c1C(=O)C(=O)CC1(C)CCOCC1. The van der Waals surface area contributed by atoms with Gasteiger partial charge in [0, 0.05) is 38.1 Å². The van der Waals surface area contributed by atoms with Gasteiger partial charge in [-0.2, -0.15) is 0 Å². The van der Waals surface area contributed by atoms with Crippen LogP contribution in [0.3, 0.4) is 0 Å². The van der Waals surface area contributed by atoms with Crippen molar-refractivity contribution < 1.29 is 23.5 Å². The minimum absolute atomic E-state index is 0.109. The number of nitrogens with one attached hydrogen (secondary N) is 1. The lowest BCUT2D eigenvalue weighted by Crippen LogP contribution is -2.32. The van der Waals surface area contributed by atoms with Crippen molar-refractivity contribution in [3.8, 4) is 0 Å². The molecule has 0 atom stereocenters. The average molecular weight is 449 g/mol. The molecule has 1 aromatic carbocycles. The molecule has 1 N–H and O–H groups in total. The largest absolute Gasteiger partial charge is 0.381 e. The van der Waals surface area contributed by atoms with Crippen LogP contribution in [0.1, 0.15) is 58.3 Å². The second-order valence-corrected chi connectivity index (χ2v) is 8.84. The van der Waals surface area contributed by atoms with E-state index >= 15 is 0 Å². The van der Waals surface area contributed by atoms with Crippen molar-refractivity contribution in [3.05, 3.63) is 51.6 Å². The molecular formula is C23H26ClFN2O4. The van der Waals surface area contributed by atoms with E-state index in [4.69, 9.17) is 16.3 Å². The van der Waals surface area contributed by atoms with E-state index in [0.29, 0.717) is 35.7 Å². The van der Waals surface area contributed by atoms with Gasteiger partial charge < -0.3 is 14.6 Å². The van der Waals surface area contributed by atoms with E-state index in [2.05, 4.69) is 5.32 Å². The average Bonchev–Trinajstić information content (AvgIpc) is 2.93. The Labute approximate surface area is 185 Å². The Balaban J connectivity index is 1.85. The molecule has 1 saturated heterocycles. The first-order valence-electron chi connectivity index (χ1n) is 10.1. The molecule has 0 bridgehead atoms. The zero-order valence-corrected chi connectivity index (χ0v) is 18.9. The van der Waals surface area contributed by atoms with E-state index in [1.165, 1.54) is 12.1 Å². The van der Waals surface area contributed by atoms with Gasteiger partial charge in [0.2, 0.25) is 11.6 Å². The maximum Gasteiger partial charge on any atom is 0.257 e. The van der Waals surface area contributed by atoms with Crippen LogP contribution >= 0.6 is 11.6 Å². The molecular weight excluding hydrogens is 423 g/mol. The number of benzene rings is 1. The Morgan fingerprint density at radius 2 is 1.87 bits per heavy atom. The van der Waals surface area contributed by atoms with Crippen molar-refractivity contribution in [3.63, 3.8) is 0 Å². The molecule has 1 amide bonds. The van der Waals surface area contributed by atoms with E-state index < -0.39 is 23.3 Å². The van der Waals surface area contributed by atoms with Gasteiger partial charge in [0.25, 0.3) is 5.91 Å². The summed E-state index contributed by atoms with van der Waals surface area (Å²) in [6.45, 7) is 6.52. The smallest absolute Gasteiger partial charge is 0.257 e. The number of rotatable bonds is 6. The molecule has 1 aromatic heterocycles. The summed E-state index contributed by atoms with van der Waals surface area (Å²) in [4.78, 5) is 38.8. The molecule has 166 valence electrons. The molecule has 2 aromatic rings. The van der Waals surface area contributed by atoms with Gasteiger partial charge in [-0.1, -0.05) is 18.5 Å². The molecule has 1 aliphatic rings. The summed E-state index contributed by atoms with van der Waals surface area (Å²) in [6.07, 6.45) is 1.60. The fourth-order valence-corrected chi connectivity index (χ4v) is 4.22. The summed E-state index contributed by atoms with van der Waals surface area (Å²) in [5.41, 5.74) is 1.56. The molecule has 0 radical (unpaired) electrons. The molecule has 1 aliphatic heterocycles. The van der Waals surface area contributed by atoms with Crippen molar-refractivity contribution in [2.45, 2.75) is 40.0 Å². The van der Waals surface area contributed by atoms with E-state index in [0.717, 1.165) is 18.9 Å². The summed E-state index contributed by atoms with van der Waals surface area (Å²) in [5, 5.41) is 2.57. The molecule has 31 heavy (non-hydrogen) atoms. The number of halogens is 2. The number of carbonyl (C=O) groups excluding carboxylic acids is 3. The van der Waals surface area contributed by atoms with Crippen LogP contribution < -0.4 is 5.32 Å². The van der Waals surface area contributed by atoms with Crippen LogP contribution in [0.15, 0.2) is 18.2 Å². The fourth-order valence-electron chi connectivity index (χ4n) is 4.04. The quantitative estimate of drug-likeness (QED) is 0.515. The Kier molecular flexibility index (Phi) is 6.67. The second kappa shape index (κ2) is 8.93. The molecule has 2 heterocycles. The molecule has 0 saturated carbocycles. The van der Waals surface area contributed by atoms with Crippen molar-refractivity contribution in [2.24, 2.45) is 12.5 Å². The normalized spacial score (nSPS) is 15.5. The van der Waals surface area contributed by atoms with Gasteiger partial charge in [-0.25, -0.2) is 4.39 Å². The highest BCUT2D eigenvalue weighted by atomic mass is 35.5. The number of amides is 1. The van der Waals surface area contributed by atoms with Crippen molar-refractivity contribution >= 4 is 34.8 Å². The summed E-state index contributed by atoms with van der Waals surface area (Å²) in [5.74, 6) is -2.11. The van der Waals surface area contributed by atoms with Crippen LogP contribution in [0.2, 0.25) is 5.02 Å². The first-order valence-corrected chi connectivity index (χ1v) is 10.5. The molecule has 6 nitrogen and oxygen atoms in total. The lowest BCUT2D eigenvalue weighted by Gasteiger charge is -2.32. The number of hydrogen-bond donors (Lipinski definition) is 1. The molecule has 0 unspecified atom stereocenters. The van der Waals surface area contributed by atoms with Crippen molar-refractivity contribution in [2.75, 3.05) is 18.5 Å². The molecule has 3 rings (SSSR count). The van der Waals surface area contributed by atoms with E-state index in [1.54, 1.807) is 25.5 Å². The highest BCUT2D eigenvalue weighted by Gasteiger charge is 2.35. The van der Waals surface area contributed by atoms with Gasteiger partial charge in [0.05, 0.1) is 16.3 Å². The van der Waals surface area contributed by atoms with Crippen LogP contribution in [0, 0.1) is 25.1 Å². The monoisotopic (exact) mass is 448 g/mol. The van der Waals surface area contributed by atoms with Crippen LogP contribution in [-0.2, 0) is 16.6 Å². The number of hydrogen-bond acceptors (Lipinski definition) is 4. The third-order valence-corrected chi connectivity index (χ3v) is 6.38. The van der Waals surface area contributed by atoms with E-state index in [-0.39, 0.29) is 22.6 Å². The van der Waals surface area contributed by atoms with Gasteiger partial charge in [0.1, 0.15) is 5.82 Å². The third-order valence-electron chi connectivity index (χ3n) is 6.09. The minimum atomic E-state index is -0.598. The predicted molar refractivity (Wildman–Crippen MR) is 116 cm³/mol. The Hall–Kier alpha value is -2.51. The van der Waals surface area contributed by atoms with Crippen LogP contribution in [0.25, 0.3) is 0 Å². The minimum Gasteiger partial charge on any atom is -0.381 e. The fraction of sp³-hybridized carbons (Fsp3) is 0.435. The zero-order valence-electron chi connectivity index (χ0n) is 18.1. The standard InChI is InChI=1S/C23H26ClFN2O4/c1-13-19(22(30)26-15-5-6-17(25)16(24)11-15)14(2)27(4)20(13)21(29)18(28)12-23(3)7-9-31-10-8-23/h5-6,11H,7-10,12H2,1-4H3,(H,26,30). The third kappa shape index (κ3) is 4.72. The number of ketones is 2. The van der Waals surface area contributed by atoms with Gasteiger partial charge in [-0.15, -0.1) is 0 Å². The number of Topliss-reactive ketones (excluding diaryl/α,β-unsaturated/α-hetero) is 2. The summed E-state index contributed by atoms with van der Waals surface area (Å²) < 4.78 is 20.3. The summed E-state index contributed by atoms with van der Waals surface area (Å²) >= 11 is 5.78. The maximum atomic E-state index is 13.4. The molecule has 0 aliphatic carbocycles. The number of carbonyl (C=O) groups is 3. The number of aromatic nitrogens is 1. The Bertz CT molecular complexity index is 1050. The lowest BCUT2D eigenvalue weighted by atomic mass is 9.77. The maximum absolute atomic E-state index is 13.4. The van der Waals surface area contributed by atoms with Crippen LogP contribution in [-0.4, -0.2) is 35.3 Å².